The van der Waals surface area contributed by atoms with Crippen LogP contribution in [0.4, 0.5) is 0 Å². The number of hydrogen-bond acceptors (Lipinski definition) is 4. The highest BCUT2D eigenvalue weighted by Gasteiger charge is 2.08. The molecular formula is C16H36N2O2. The molecule has 4 nitrogen and oxygen atoms in total. The van der Waals surface area contributed by atoms with Gasteiger partial charge in [-0.1, -0.05) is 40.0 Å². The van der Waals surface area contributed by atoms with Gasteiger partial charge >= 0.3 is 0 Å². The zero-order chi connectivity index (χ0) is 15.2. The van der Waals surface area contributed by atoms with E-state index in [0.29, 0.717) is 19.1 Å². The predicted molar refractivity (Wildman–Crippen MR) is 86.2 cm³/mol. The van der Waals surface area contributed by atoms with Gasteiger partial charge in [-0.15, -0.1) is 0 Å². The standard InChI is InChI=1S/C16H36N2O2/c1-5-8-9-15(6-2)13-20-14-16(19)12-17-10-11-18(4)7-3/h15-17,19H,5-14H2,1-4H3. The van der Waals surface area contributed by atoms with Gasteiger partial charge in [-0.2, -0.15) is 0 Å². The SMILES string of the molecule is CCCCC(CC)COCC(O)CNCCN(C)CC. The Morgan fingerprint density at radius 3 is 2.55 bits per heavy atom. The molecule has 0 bridgehead atoms. The maximum Gasteiger partial charge on any atom is 0.0897 e. The summed E-state index contributed by atoms with van der Waals surface area (Å²) in [6.07, 6.45) is 4.53. The minimum absolute atomic E-state index is 0.398. The van der Waals surface area contributed by atoms with Gasteiger partial charge in [0.05, 0.1) is 12.7 Å². The lowest BCUT2D eigenvalue weighted by molar-refractivity contribution is 0.0193. The minimum Gasteiger partial charge on any atom is -0.389 e. The quantitative estimate of drug-likeness (QED) is 0.481. The largest absolute Gasteiger partial charge is 0.389 e. The van der Waals surface area contributed by atoms with Crippen LogP contribution in [-0.4, -0.2) is 62.6 Å². The lowest BCUT2D eigenvalue weighted by Gasteiger charge is -2.18. The number of rotatable bonds is 14. The summed E-state index contributed by atoms with van der Waals surface area (Å²) in [6.45, 7) is 11.4. The second-order valence-corrected chi connectivity index (χ2v) is 5.71. The van der Waals surface area contributed by atoms with Crippen molar-refractivity contribution in [1.82, 2.24) is 10.2 Å². The summed E-state index contributed by atoms with van der Waals surface area (Å²) in [6, 6.07) is 0. The van der Waals surface area contributed by atoms with Gasteiger partial charge in [-0.3, -0.25) is 0 Å². The molecule has 0 amide bonds. The van der Waals surface area contributed by atoms with Gasteiger partial charge in [0.25, 0.3) is 0 Å². The Bertz CT molecular complexity index is 203. The summed E-state index contributed by atoms with van der Waals surface area (Å²) in [4.78, 5) is 2.25. The van der Waals surface area contributed by atoms with Gasteiger partial charge in [-0.25, -0.2) is 0 Å². The first-order valence-corrected chi connectivity index (χ1v) is 8.28. The molecule has 0 saturated carbocycles. The van der Waals surface area contributed by atoms with E-state index in [0.717, 1.165) is 32.7 Å². The number of nitrogens with one attached hydrogen (secondary N) is 1. The van der Waals surface area contributed by atoms with Crippen LogP contribution in [0.2, 0.25) is 0 Å². The maximum absolute atomic E-state index is 9.83. The molecule has 0 spiro atoms. The highest BCUT2D eigenvalue weighted by Crippen LogP contribution is 2.12. The fourth-order valence-electron chi connectivity index (χ4n) is 2.02. The molecule has 2 atom stereocenters. The number of hydrogen-bond donors (Lipinski definition) is 2. The van der Waals surface area contributed by atoms with Crippen molar-refractivity contribution in [3.63, 3.8) is 0 Å². The lowest BCUT2D eigenvalue weighted by Crippen LogP contribution is -2.35. The minimum atomic E-state index is -0.398. The van der Waals surface area contributed by atoms with Crippen molar-refractivity contribution in [2.45, 2.75) is 52.6 Å². The first-order chi connectivity index (χ1) is 9.63. The van der Waals surface area contributed by atoms with Gasteiger partial charge in [0, 0.05) is 26.2 Å². The van der Waals surface area contributed by atoms with Crippen LogP contribution in [0.25, 0.3) is 0 Å². The normalized spacial score (nSPS) is 14.7. The molecule has 0 saturated heterocycles. The van der Waals surface area contributed by atoms with Crippen molar-refractivity contribution in [3.8, 4) is 0 Å². The molecule has 4 heteroatoms. The number of aliphatic hydroxyl groups is 1. The van der Waals surface area contributed by atoms with Crippen LogP contribution in [0.3, 0.4) is 0 Å². The third kappa shape index (κ3) is 11.6. The van der Waals surface area contributed by atoms with Crippen LogP contribution in [0.5, 0.6) is 0 Å². The highest BCUT2D eigenvalue weighted by atomic mass is 16.5. The van der Waals surface area contributed by atoms with Gasteiger partial charge in [-0.05, 0) is 25.9 Å². The molecule has 0 heterocycles. The molecule has 0 rings (SSSR count). The van der Waals surface area contributed by atoms with E-state index in [1.807, 2.05) is 0 Å². The van der Waals surface area contributed by atoms with Gasteiger partial charge in [0.15, 0.2) is 0 Å². The van der Waals surface area contributed by atoms with Crippen LogP contribution >= 0.6 is 0 Å². The number of nitrogens with zero attached hydrogens (tertiary/aromatic N) is 1. The summed E-state index contributed by atoms with van der Waals surface area (Å²) in [7, 11) is 2.10. The molecule has 2 N–H and O–H groups in total. The molecule has 0 fully saturated rings. The number of ether oxygens (including phenoxy) is 1. The Balaban J connectivity index is 3.49. The summed E-state index contributed by atoms with van der Waals surface area (Å²) in [5.74, 6) is 0.647. The summed E-state index contributed by atoms with van der Waals surface area (Å²) < 4.78 is 5.64. The second-order valence-electron chi connectivity index (χ2n) is 5.71. The van der Waals surface area contributed by atoms with Crippen LogP contribution < -0.4 is 5.32 Å². The van der Waals surface area contributed by atoms with Crippen molar-refractivity contribution in [2.24, 2.45) is 5.92 Å². The Morgan fingerprint density at radius 2 is 1.95 bits per heavy atom. The van der Waals surface area contributed by atoms with Crippen molar-refractivity contribution in [1.29, 1.82) is 0 Å². The van der Waals surface area contributed by atoms with E-state index in [4.69, 9.17) is 4.74 Å². The maximum atomic E-state index is 9.83. The van der Waals surface area contributed by atoms with E-state index in [1.165, 1.54) is 19.3 Å². The van der Waals surface area contributed by atoms with E-state index < -0.39 is 6.10 Å². The van der Waals surface area contributed by atoms with E-state index in [2.05, 4.69) is 38.0 Å². The summed E-state index contributed by atoms with van der Waals surface area (Å²) in [5, 5.41) is 13.1. The van der Waals surface area contributed by atoms with Crippen LogP contribution in [-0.2, 0) is 4.74 Å². The molecular weight excluding hydrogens is 252 g/mol. The molecule has 0 aromatic carbocycles. The molecule has 0 aromatic heterocycles. The topological polar surface area (TPSA) is 44.7 Å². The van der Waals surface area contributed by atoms with E-state index >= 15 is 0 Å². The van der Waals surface area contributed by atoms with Crippen LogP contribution in [0.1, 0.15) is 46.5 Å². The second kappa shape index (κ2) is 13.8. The van der Waals surface area contributed by atoms with Crippen molar-refractivity contribution in [2.75, 3.05) is 46.4 Å². The van der Waals surface area contributed by atoms with Gasteiger partial charge < -0.3 is 20.1 Å². The van der Waals surface area contributed by atoms with Crippen molar-refractivity contribution in [3.05, 3.63) is 0 Å². The predicted octanol–water partition coefficient (Wildman–Crippen LogP) is 2.12. The number of unbranched alkanes of at least 4 members (excludes halogenated alkanes) is 1. The van der Waals surface area contributed by atoms with E-state index in [-0.39, 0.29) is 0 Å². The summed E-state index contributed by atoms with van der Waals surface area (Å²) >= 11 is 0. The van der Waals surface area contributed by atoms with Gasteiger partial charge in [0.1, 0.15) is 0 Å². The fourth-order valence-corrected chi connectivity index (χ4v) is 2.02. The lowest BCUT2D eigenvalue weighted by atomic mass is 10.0. The zero-order valence-electron chi connectivity index (χ0n) is 14.0. The molecule has 20 heavy (non-hydrogen) atoms. The Kier molecular flexibility index (Phi) is 13.7. The average molecular weight is 288 g/mol. The third-order valence-corrected chi connectivity index (χ3v) is 3.80. The summed E-state index contributed by atoms with van der Waals surface area (Å²) in [5.41, 5.74) is 0. The Hall–Kier alpha value is -0.160. The number of aliphatic hydroxyl groups excluding tert-OH is 1. The molecule has 0 aliphatic heterocycles. The van der Waals surface area contributed by atoms with E-state index in [1.54, 1.807) is 0 Å². The first kappa shape index (κ1) is 19.8. The van der Waals surface area contributed by atoms with Crippen molar-refractivity contribution < 1.29 is 9.84 Å². The molecule has 2 unspecified atom stereocenters. The molecule has 122 valence electrons. The molecule has 0 aliphatic carbocycles. The Labute approximate surface area is 125 Å². The smallest absolute Gasteiger partial charge is 0.0897 e. The van der Waals surface area contributed by atoms with Crippen LogP contribution in [0, 0.1) is 5.92 Å². The third-order valence-electron chi connectivity index (χ3n) is 3.80. The van der Waals surface area contributed by atoms with Crippen LogP contribution in [0.15, 0.2) is 0 Å². The highest BCUT2D eigenvalue weighted by molar-refractivity contribution is 4.61. The average Bonchev–Trinajstić information content (AvgIpc) is 2.46. The fraction of sp³-hybridized carbons (Fsp3) is 1.00. The Morgan fingerprint density at radius 1 is 1.20 bits per heavy atom. The number of likely N-dealkylation sites (N-methyl/N-ethyl adjacent to an activating group) is 1. The molecule has 0 aromatic rings. The zero-order valence-corrected chi connectivity index (χ0v) is 14.0. The van der Waals surface area contributed by atoms with Gasteiger partial charge in [0.2, 0.25) is 0 Å². The monoisotopic (exact) mass is 288 g/mol. The van der Waals surface area contributed by atoms with E-state index in [9.17, 15) is 5.11 Å². The van der Waals surface area contributed by atoms with Crippen molar-refractivity contribution >= 4 is 0 Å². The molecule has 0 aliphatic rings. The first-order valence-electron chi connectivity index (χ1n) is 8.28. The molecule has 0 radical (unpaired) electrons.